The van der Waals surface area contributed by atoms with Gasteiger partial charge >= 0.3 is 0 Å². The summed E-state index contributed by atoms with van der Waals surface area (Å²) in [5, 5.41) is 4.26. The average Bonchev–Trinajstić information content (AvgIpc) is 2.79. The molecule has 1 N–H and O–H groups in total. The van der Waals surface area contributed by atoms with E-state index < -0.39 is 0 Å². The van der Waals surface area contributed by atoms with Gasteiger partial charge < -0.3 is 10.2 Å². The van der Waals surface area contributed by atoms with E-state index in [1.165, 1.54) is 37.4 Å². The number of amides is 1. The van der Waals surface area contributed by atoms with E-state index >= 15 is 0 Å². The van der Waals surface area contributed by atoms with Crippen LogP contribution in [-0.2, 0) is 11.3 Å². The third-order valence-electron chi connectivity index (χ3n) is 6.23. The predicted octanol–water partition coefficient (Wildman–Crippen LogP) is 4.06. The van der Waals surface area contributed by atoms with Gasteiger partial charge in [0.25, 0.3) is 5.56 Å². The van der Waals surface area contributed by atoms with E-state index in [2.05, 4.69) is 17.1 Å². The number of rotatable bonds is 10. The summed E-state index contributed by atoms with van der Waals surface area (Å²) >= 11 is 1.35. The predicted molar refractivity (Wildman–Crippen MR) is 129 cm³/mol. The smallest absolute Gasteiger partial charge is 0.262 e. The summed E-state index contributed by atoms with van der Waals surface area (Å²) in [7, 11) is 0. The van der Waals surface area contributed by atoms with Gasteiger partial charge in [0, 0.05) is 25.2 Å². The van der Waals surface area contributed by atoms with Crippen molar-refractivity contribution in [3.63, 3.8) is 0 Å². The number of fused-ring (bicyclic) bond motifs is 1. The second kappa shape index (κ2) is 11.7. The van der Waals surface area contributed by atoms with Crippen molar-refractivity contribution in [3.05, 3.63) is 34.6 Å². The number of hydrogen-bond acceptors (Lipinski definition) is 5. The summed E-state index contributed by atoms with van der Waals surface area (Å²) in [5.41, 5.74) is 0.678. The van der Waals surface area contributed by atoms with E-state index in [9.17, 15) is 9.59 Å². The lowest BCUT2D eigenvalue weighted by Gasteiger charge is -2.35. The maximum atomic E-state index is 13.2. The van der Waals surface area contributed by atoms with E-state index in [1.807, 2.05) is 38.1 Å². The molecule has 0 unspecified atom stereocenters. The molecule has 2 heterocycles. The second-order valence-electron chi connectivity index (χ2n) is 8.48. The minimum atomic E-state index is -0.0209. The molecule has 0 aliphatic carbocycles. The molecule has 1 aliphatic heterocycles. The Hall–Kier alpha value is -1.86. The third-order valence-corrected chi connectivity index (χ3v) is 7.20. The highest BCUT2D eigenvalue weighted by Crippen LogP contribution is 2.21. The Kier molecular flexibility index (Phi) is 8.96. The first-order chi connectivity index (χ1) is 15.0. The van der Waals surface area contributed by atoms with Crippen LogP contribution in [0.3, 0.4) is 0 Å². The standard InChI is InChI=1S/C24H36N4O2S/c1-4-18(3)25-22(29)17-31-24-26-21-13-7-6-12-20(21)23(30)28(24)16-10-15-27-14-9-8-11-19(27)5-2/h6-7,12-13,18-19H,4-5,8-11,14-17H2,1-3H3,(H,25,29)/t18-,19-/m1/s1. The molecule has 6 nitrogen and oxygen atoms in total. The molecule has 1 amide bonds. The molecule has 0 radical (unpaired) electrons. The van der Waals surface area contributed by atoms with Gasteiger partial charge in [0.1, 0.15) is 0 Å². The molecule has 0 saturated carbocycles. The first kappa shape index (κ1) is 23.8. The van der Waals surface area contributed by atoms with Crippen molar-refractivity contribution in [1.82, 2.24) is 19.8 Å². The number of carbonyl (C=O) groups is 1. The van der Waals surface area contributed by atoms with Gasteiger partial charge in [0.05, 0.1) is 16.7 Å². The number of nitrogens with one attached hydrogen (secondary N) is 1. The van der Waals surface area contributed by atoms with Crippen LogP contribution in [-0.4, -0.2) is 51.3 Å². The van der Waals surface area contributed by atoms with Crippen molar-refractivity contribution in [2.75, 3.05) is 18.8 Å². The SMILES string of the molecule is CC[C@@H]1CCCCN1CCCn1c(SCC(=O)N[C@H](C)CC)nc2ccccc2c1=O. The summed E-state index contributed by atoms with van der Waals surface area (Å²) in [5.74, 6) is 0.242. The van der Waals surface area contributed by atoms with Gasteiger partial charge in [0.15, 0.2) is 5.16 Å². The van der Waals surface area contributed by atoms with Gasteiger partial charge in [-0.3, -0.25) is 14.2 Å². The van der Waals surface area contributed by atoms with Gasteiger partial charge in [-0.05, 0) is 57.7 Å². The highest BCUT2D eigenvalue weighted by atomic mass is 32.2. The maximum Gasteiger partial charge on any atom is 0.262 e. The largest absolute Gasteiger partial charge is 0.353 e. The summed E-state index contributed by atoms with van der Waals surface area (Å²) in [6.45, 7) is 9.08. The van der Waals surface area contributed by atoms with Crippen LogP contribution in [0.4, 0.5) is 0 Å². The number of aromatic nitrogens is 2. The Morgan fingerprint density at radius 1 is 1.26 bits per heavy atom. The number of benzene rings is 1. The summed E-state index contributed by atoms with van der Waals surface area (Å²) in [6, 6.07) is 8.29. The molecule has 2 aromatic rings. The summed E-state index contributed by atoms with van der Waals surface area (Å²) in [6.07, 6.45) is 6.85. The number of likely N-dealkylation sites (tertiary alicyclic amines) is 1. The van der Waals surface area contributed by atoms with Crippen molar-refractivity contribution in [2.24, 2.45) is 0 Å². The lowest BCUT2D eigenvalue weighted by molar-refractivity contribution is -0.119. The van der Waals surface area contributed by atoms with Gasteiger partial charge in [-0.25, -0.2) is 4.98 Å². The fourth-order valence-corrected chi connectivity index (χ4v) is 5.09. The summed E-state index contributed by atoms with van der Waals surface area (Å²) in [4.78, 5) is 32.8. The van der Waals surface area contributed by atoms with E-state index in [1.54, 1.807) is 4.57 Å². The van der Waals surface area contributed by atoms with Crippen LogP contribution in [0.15, 0.2) is 34.2 Å². The number of hydrogen-bond donors (Lipinski definition) is 1. The van der Waals surface area contributed by atoms with E-state index in [4.69, 9.17) is 4.98 Å². The molecule has 2 atom stereocenters. The highest BCUT2D eigenvalue weighted by Gasteiger charge is 2.20. The first-order valence-corrected chi connectivity index (χ1v) is 12.7. The average molecular weight is 445 g/mol. The molecule has 0 bridgehead atoms. The third kappa shape index (κ3) is 6.32. The van der Waals surface area contributed by atoms with Crippen LogP contribution < -0.4 is 10.9 Å². The molecule has 1 aromatic heterocycles. The van der Waals surface area contributed by atoms with E-state index in [0.717, 1.165) is 25.9 Å². The zero-order valence-corrected chi connectivity index (χ0v) is 19.9. The minimum Gasteiger partial charge on any atom is -0.353 e. The van der Waals surface area contributed by atoms with Crippen LogP contribution >= 0.6 is 11.8 Å². The fourth-order valence-electron chi connectivity index (χ4n) is 4.25. The molecule has 3 rings (SSSR count). The summed E-state index contributed by atoms with van der Waals surface area (Å²) < 4.78 is 1.77. The highest BCUT2D eigenvalue weighted by molar-refractivity contribution is 7.99. The van der Waals surface area contributed by atoms with Gasteiger partial charge in [-0.2, -0.15) is 0 Å². The topological polar surface area (TPSA) is 67.2 Å². The fraction of sp³-hybridized carbons (Fsp3) is 0.625. The van der Waals surface area contributed by atoms with Crippen molar-refractivity contribution < 1.29 is 4.79 Å². The molecular weight excluding hydrogens is 408 g/mol. The van der Waals surface area contributed by atoms with Crippen LogP contribution in [0.25, 0.3) is 10.9 Å². The number of thioether (sulfide) groups is 1. The van der Waals surface area contributed by atoms with Gasteiger partial charge in [-0.15, -0.1) is 0 Å². The van der Waals surface area contributed by atoms with Crippen molar-refractivity contribution in [3.8, 4) is 0 Å². The van der Waals surface area contributed by atoms with Crippen molar-refractivity contribution >= 4 is 28.6 Å². The van der Waals surface area contributed by atoms with Gasteiger partial charge in [0.2, 0.25) is 5.91 Å². The van der Waals surface area contributed by atoms with Crippen molar-refractivity contribution in [2.45, 2.75) is 83.1 Å². The molecular formula is C24H36N4O2S. The number of piperidine rings is 1. The molecule has 1 aromatic carbocycles. The first-order valence-electron chi connectivity index (χ1n) is 11.7. The Labute approximate surface area is 189 Å². The molecule has 1 fully saturated rings. The van der Waals surface area contributed by atoms with Crippen LogP contribution in [0.2, 0.25) is 0 Å². The lowest BCUT2D eigenvalue weighted by Crippen LogP contribution is -2.40. The lowest BCUT2D eigenvalue weighted by atomic mass is 10.00. The minimum absolute atomic E-state index is 0.0129. The molecule has 1 saturated heterocycles. The van der Waals surface area contributed by atoms with E-state index in [0.29, 0.717) is 28.6 Å². The Morgan fingerprint density at radius 3 is 2.84 bits per heavy atom. The van der Waals surface area contributed by atoms with Crippen LogP contribution in [0, 0.1) is 0 Å². The molecule has 170 valence electrons. The monoisotopic (exact) mass is 444 g/mol. The quantitative estimate of drug-likeness (QED) is 0.442. The van der Waals surface area contributed by atoms with E-state index in [-0.39, 0.29) is 23.3 Å². The number of carbonyl (C=O) groups excluding carboxylic acids is 1. The number of nitrogens with zero attached hydrogens (tertiary/aromatic N) is 3. The van der Waals surface area contributed by atoms with Crippen LogP contribution in [0.1, 0.15) is 59.3 Å². The Morgan fingerprint density at radius 2 is 2.06 bits per heavy atom. The Balaban J connectivity index is 1.74. The Bertz CT molecular complexity index is 929. The molecule has 1 aliphatic rings. The normalized spacial score (nSPS) is 18.2. The molecule has 7 heteroatoms. The van der Waals surface area contributed by atoms with Crippen LogP contribution in [0.5, 0.6) is 0 Å². The van der Waals surface area contributed by atoms with Crippen molar-refractivity contribution in [1.29, 1.82) is 0 Å². The molecule has 31 heavy (non-hydrogen) atoms. The second-order valence-corrected chi connectivity index (χ2v) is 9.42. The molecule has 0 spiro atoms. The zero-order chi connectivity index (χ0) is 22.2. The maximum absolute atomic E-state index is 13.2. The zero-order valence-electron chi connectivity index (χ0n) is 19.1. The van der Waals surface area contributed by atoms with Gasteiger partial charge in [-0.1, -0.05) is 44.2 Å². The number of para-hydroxylation sites is 1.